The van der Waals surface area contributed by atoms with E-state index in [4.69, 9.17) is 20.2 Å². The van der Waals surface area contributed by atoms with E-state index in [0.29, 0.717) is 74.8 Å². The smallest absolute Gasteiger partial charge is 0.302 e. The number of aliphatic imine (C=N–C) groups is 1. The molecule has 1 saturated heterocycles. The highest BCUT2D eigenvalue weighted by atomic mass is 33.1. The number of nitrogens with one attached hydrogen (secondary N) is 1. The Labute approximate surface area is 414 Å². The van der Waals surface area contributed by atoms with Crippen LogP contribution in [0.4, 0.5) is 0 Å². The van der Waals surface area contributed by atoms with Crippen LogP contribution in [0.5, 0.6) is 11.5 Å². The van der Waals surface area contributed by atoms with Gasteiger partial charge in [-0.15, -0.1) is 0 Å². The van der Waals surface area contributed by atoms with Crippen LogP contribution in [-0.2, 0) is 40.1 Å². The molecule has 3 aliphatic carbocycles. The number of aryl methyl sites for hydroxylation is 2. The Kier molecular flexibility index (Phi) is 17.7. The van der Waals surface area contributed by atoms with Crippen LogP contribution in [0, 0.1) is 16.7 Å². The molecule has 4 bridgehead atoms. The molecular formula is C56H78N4O6S2. The van der Waals surface area contributed by atoms with Crippen LogP contribution in [0.2, 0.25) is 0 Å². The van der Waals surface area contributed by atoms with Gasteiger partial charge in [0.2, 0.25) is 5.91 Å². The first kappa shape index (κ1) is 50.5. The molecule has 5 N–H and O–H groups in total. The van der Waals surface area contributed by atoms with Crippen molar-refractivity contribution in [2.45, 2.75) is 184 Å². The SMILES string of the molecule is CC(=O)O[C@@H]1CCc2cc(c(O)c(OC3CCCC3)c2)CN2C[C@@](Cc3ccccc3)(CCN=C(N)N[C@]3(CCCC34CCCC4)SSC[C@@H](CCc3ccccc3)CCCC[C@H](O)C1)CC2=O. The van der Waals surface area contributed by atoms with E-state index >= 15 is 0 Å². The number of hydrogen-bond acceptors (Lipinski definition) is 11. The van der Waals surface area contributed by atoms with Gasteiger partial charge in [0.1, 0.15) is 11.0 Å². The van der Waals surface area contributed by atoms with Gasteiger partial charge in [-0.1, -0.05) is 114 Å². The van der Waals surface area contributed by atoms with Crippen molar-refractivity contribution in [2.75, 3.05) is 18.8 Å². The highest BCUT2D eigenvalue weighted by Crippen LogP contribution is 2.63. The first-order valence-electron chi connectivity index (χ1n) is 26.1. The van der Waals surface area contributed by atoms with Crippen molar-refractivity contribution in [2.24, 2.45) is 27.5 Å². The van der Waals surface area contributed by atoms with Crippen molar-refractivity contribution in [3.05, 3.63) is 95.1 Å². The molecule has 8 rings (SSSR count). The lowest BCUT2D eigenvalue weighted by Gasteiger charge is -2.44. The summed E-state index contributed by atoms with van der Waals surface area (Å²) >= 11 is 0. The van der Waals surface area contributed by atoms with Gasteiger partial charge in [-0.25, -0.2) is 0 Å². The summed E-state index contributed by atoms with van der Waals surface area (Å²) in [5.41, 5.74) is 11.0. The Morgan fingerprint density at radius 1 is 0.868 bits per heavy atom. The molecule has 0 unspecified atom stereocenters. The second kappa shape index (κ2) is 23.8. The molecule has 2 spiro atoms. The summed E-state index contributed by atoms with van der Waals surface area (Å²) < 4.78 is 12.4. The Morgan fingerprint density at radius 2 is 1.57 bits per heavy atom. The van der Waals surface area contributed by atoms with Crippen LogP contribution >= 0.6 is 21.6 Å². The minimum atomic E-state index is -0.595. The Bertz CT molecular complexity index is 2130. The normalized spacial score (nSPS) is 28.1. The molecule has 0 aromatic heterocycles. The van der Waals surface area contributed by atoms with Crippen LogP contribution in [0.3, 0.4) is 0 Å². The number of phenols is 1. The molecule has 2 heterocycles. The van der Waals surface area contributed by atoms with Gasteiger partial charge in [0, 0.05) is 61.5 Å². The fourth-order valence-electron chi connectivity index (χ4n) is 12.4. The predicted octanol–water partition coefficient (Wildman–Crippen LogP) is 11.2. The number of nitrogens with two attached hydrogens (primary N) is 1. The summed E-state index contributed by atoms with van der Waals surface area (Å²) in [6, 6.07) is 25.2. The van der Waals surface area contributed by atoms with Crippen molar-refractivity contribution < 1.29 is 29.3 Å². The van der Waals surface area contributed by atoms with E-state index in [1.54, 1.807) is 0 Å². The number of benzene rings is 3. The van der Waals surface area contributed by atoms with E-state index in [-0.39, 0.29) is 46.0 Å². The fraction of sp³-hybridized carbons (Fsp3) is 0.625. The summed E-state index contributed by atoms with van der Waals surface area (Å²) in [6.45, 7) is 2.73. The van der Waals surface area contributed by atoms with Crippen molar-refractivity contribution in [3.8, 4) is 11.5 Å². The van der Waals surface area contributed by atoms with Crippen LogP contribution in [0.1, 0.15) is 158 Å². The predicted molar refractivity (Wildman–Crippen MR) is 277 cm³/mol. The van der Waals surface area contributed by atoms with E-state index < -0.39 is 12.2 Å². The third-order valence-electron chi connectivity index (χ3n) is 16.1. The molecule has 1 amide bonds. The van der Waals surface area contributed by atoms with Crippen molar-refractivity contribution >= 4 is 39.4 Å². The molecule has 0 radical (unpaired) electrons. The van der Waals surface area contributed by atoms with Crippen molar-refractivity contribution in [1.29, 1.82) is 0 Å². The summed E-state index contributed by atoms with van der Waals surface area (Å²) in [5, 5.41) is 27.2. The van der Waals surface area contributed by atoms with E-state index in [0.717, 1.165) is 81.9 Å². The number of aliphatic hydroxyl groups is 1. The lowest BCUT2D eigenvalue weighted by molar-refractivity contribution is -0.148. The zero-order valence-corrected chi connectivity index (χ0v) is 42.3. The number of phenolic OH excluding ortho intramolecular Hbond substituents is 1. The standard InChI is InChI=1S/C56H78N4O6S2/c1-41(61)65-49-26-25-45-33-46(52(64)50(34-45)66-48-21-10-11-22-48)38-60-40-54(37-51(60)63,36-43-17-6-3-7-18-43)31-32-58-53(57)59-56(30-14-29-55(56)27-12-13-28-55)68-67-39-44(19-8-9-20-47(62)35-49)24-23-42-15-4-2-5-16-42/h2-7,15-18,33-34,44,47-49,62,64H,8-14,19-32,35-40H2,1H3,(H3,57,58,59)/t44-,47+,49-,54-,56-/m1/s1. The van der Waals surface area contributed by atoms with Gasteiger partial charge >= 0.3 is 5.97 Å². The lowest BCUT2D eigenvalue weighted by Crippen LogP contribution is -2.55. The number of carbonyl (C=O) groups is 2. The van der Waals surface area contributed by atoms with Crippen molar-refractivity contribution in [1.82, 2.24) is 10.2 Å². The Morgan fingerprint density at radius 3 is 2.32 bits per heavy atom. The molecular weight excluding hydrogens is 889 g/mol. The maximum Gasteiger partial charge on any atom is 0.302 e. The Hall–Kier alpha value is -3.87. The number of ether oxygens (including phenoxy) is 2. The van der Waals surface area contributed by atoms with Crippen LogP contribution in [-0.4, -0.2) is 75.0 Å². The number of aliphatic hydroxyl groups excluding tert-OH is 1. The molecule has 10 nitrogen and oxygen atoms in total. The van der Waals surface area contributed by atoms with Gasteiger partial charge in [-0.2, -0.15) is 0 Å². The summed E-state index contributed by atoms with van der Waals surface area (Å²) in [7, 11) is 4.04. The van der Waals surface area contributed by atoms with Gasteiger partial charge < -0.3 is 35.6 Å². The number of nitrogens with zero attached hydrogens (tertiary/aromatic N) is 2. The number of rotatable bonds is 8. The fourth-order valence-corrected chi connectivity index (χ4v) is 16.4. The number of guanidine groups is 1. The lowest BCUT2D eigenvalue weighted by atomic mass is 9.78. The first-order chi connectivity index (χ1) is 33.0. The van der Waals surface area contributed by atoms with E-state index in [1.807, 2.05) is 44.7 Å². The molecule has 3 aromatic rings. The molecule has 370 valence electrons. The number of carbonyl (C=O) groups excluding carboxylic acids is 2. The number of hydrogen-bond donors (Lipinski definition) is 4. The third-order valence-corrected chi connectivity index (χ3v) is 19.4. The van der Waals surface area contributed by atoms with Gasteiger partial charge in [0.15, 0.2) is 17.5 Å². The minimum Gasteiger partial charge on any atom is -0.504 e. The van der Waals surface area contributed by atoms with Crippen LogP contribution < -0.4 is 15.8 Å². The average Bonchev–Trinajstić information content (AvgIpc) is 4.14. The zero-order chi connectivity index (χ0) is 47.4. The molecule has 4 fully saturated rings. The van der Waals surface area contributed by atoms with Gasteiger partial charge in [0.25, 0.3) is 0 Å². The van der Waals surface area contributed by atoms with Crippen LogP contribution in [0.25, 0.3) is 0 Å². The zero-order valence-electron chi connectivity index (χ0n) is 40.6. The van der Waals surface area contributed by atoms with E-state index in [9.17, 15) is 19.8 Å². The second-order valence-corrected chi connectivity index (χ2v) is 23.9. The maximum absolute atomic E-state index is 14.3. The Balaban J connectivity index is 1.08. The highest BCUT2D eigenvalue weighted by molar-refractivity contribution is 8.77. The largest absolute Gasteiger partial charge is 0.504 e. The quantitative estimate of drug-likeness (QED) is 0.127. The summed E-state index contributed by atoms with van der Waals surface area (Å²) in [6.07, 6.45) is 20.5. The summed E-state index contributed by atoms with van der Waals surface area (Å²) in [4.78, 5) is 33.5. The molecule has 3 saturated carbocycles. The highest BCUT2D eigenvalue weighted by Gasteiger charge is 2.57. The third kappa shape index (κ3) is 13.3. The molecule has 3 aromatic carbocycles. The second-order valence-electron chi connectivity index (χ2n) is 21.2. The first-order valence-corrected chi connectivity index (χ1v) is 28.4. The molecule has 5 aliphatic rings. The number of fused-ring (bicyclic) bond motifs is 5. The van der Waals surface area contributed by atoms with E-state index in [2.05, 4.69) is 59.9 Å². The number of amides is 1. The number of esters is 1. The summed E-state index contributed by atoms with van der Waals surface area (Å²) in [5.74, 6) is 2.30. The molecule has 12 heteroatoms. The van der Waals surface area contributed by atoms with Gasteiger partial charge in [-0.3, -0.25) is 14.6 Å². The van der Waals surface area contributed by atoms with Gasteiger partial charge in [-0.05, 0) is 138 Å². The molecule has 2 aliphatic heterocycles. The van der Waals surface area contributed by atoms with Crippen molar-refractivity contribution in [3.63, 3.8) is 0 Å². The monoisotopic (exact) mass is 967 g/mol. The minimum absolute atomic E-state index is 0.0279. The van der Waals surface area contributed by atoms with Gasteiger partial charge in [0.05, 0.1) is 12.2 Å². The maximum atomic E-state index is 14.3. The average molecular weight is 967 g/mol. The molecule has 5 atom stereocenters. The topological polar surface area (TPSA) is 147 Å². The van der Waals surface area contributed by atoms with Crippen LogP contribution in [0.15, 0.2) is 77.8 Å². The number of aromatic hydroxyl groups is 1. The van der Waals surface area contributed by atoms with E-state index in [1.165, 1.54) is 56.6 Å². The molecule has 68 heavy (non-hydrogen) atoms.